The molecule has 0 amide bonds. The summed E-state index contributed by atoms with van der Waals surface area (Å²) in [4.78, 5) is 11.3. The summed E-state index contributed by atoms with van der Waals surface area (Å²) in [6.07, 6.45) is 5.36. The number of hydrogen-bond donors (Lipinski definition) is 1. The molecule has 2 heterocycles. The first-order valence-electron chi connectivity index (χ1n) is 7.46. The van der Waals surface area contributed by atoms with Crippen molar-refractivity contribution in [3.63, 3.8) is 0 Å². The molecule has 1 saturated heterocycles. The number of nitrogens with zero attached hydrogens (tertiary/aromatic N) is 3. The van der Waals surface area contributed by atoms with Crippen molar-refractivity contribution < 1.29 is 0 Å². The van der Waals surface area contributed by atoms with E-state index in [2.05, 4.69) is 34.8 Å². The van der Waals surface area contributed by atoms with Crippen molar-refractivity contribution in [2.24, 2.45) is 17.6 Å². The summed E-state index contributed by atoms with van der Waals surface area (Å²) >= 11 is 0. The van der Waals surface area contributed by atoms with E-state index < -0.39 is 0 Å². The molecule has 1 aromatic rings. The molecule has 4 heteroatoms. The Labute approximate surface area is 115 Å². The molecule has 1 aromatic heterocycles. The molecule has 2 N–H and O–H groups in total. The molecule has 0 spiro atoms. The van der Waals surface area contributed by atoms with E-state index in [0.29, 0.717) is 12.0 Å². The average Bonchev–Trinajstić information content (AvgIpc) is 2.81. The number of hydrogen-bond acceptors (Lipinski definition) is 4. The van der Waals surface area contributed by atoms with Gasteiger partial charge in [0.05, 0.1) is 0 Å². The second kappa shape index (κ2) is 5.08. The molecule has 4 nitrogen and oxygen atoms in total. The Morgan fingerprint density at radius 3 is 2.79 bits per heavy atom. The van der Waals surface area contributed by atoms with Gasteiger partial charge in [-0.15, -0.1) is 0 Å². The third-order valence-corrected chi connectivity index (χ3v) is 4.68. The van der Waals surface area contributed by atoms with Crippen molar-refractivity contribution in [2.75, 3.05) is 18.0 Å². The van der Waals surface area contributed by atoms with E-state index in [0.717, 1.165) is 36.4 Å². The monoisotopic (exact) mass is 260 g/mol. The van der Waals surface area contributed by atoms with Crippen LogP contribution in [0.2, 0.25) is 0 Å². The van der Waals surface area contributed by atoms with Crippen molar-refractivity contribution in [1.82, 2.24) is 9.97 Å². The van der Waals surface area contributed by atoms with Crippen LogP contribution in [0.4, 0.5) is 5.82 Å². The van der Waals surface area contributed by atoms with E-state index >= 15 is 0 Å². The van der Waals surface area contributed by atoms with Crippen LogP contribution in [0.3, 0.4) is 0 Å². The Morgan fingerprint density at radius 1 is 1.21 bits per heavy atom. The van der Waals surface area contributed by atoms with Crippen LogP contribution >= 0.6 is 0 Å². The van der Waals surface area contributed by atoms with Gasteiger partial charge in [0.1, 0.15) is 12.1 Å². The van der Waals surface area contributed by atoms with Crippen LogP contribution in [0.25, 0.3) is 0 Å². The van der Waals surface area contributed by atoms with Crippen LogP contribution in [0, 0.1) is 11.8 Å². The van der Waals surface area contributed by atoms with Gasteiger partial charge in [0, 0.05) is 30.9 Å². The maximum atomic E-state index is 6.09. The maximum absolute atomic E-state index is 6.09. The Bertz CT molecular complexity index is 446. The number of fused-ring (bicyclic) bond motifs is 1. The fraction of sp³-hybridized carbons (Fsp3) is 0.733. The van der Waals surface area contributed by atoms with E-state index in [-0.39, 0.29) is 0 Å². The zero-order valence-corrected chi connectivity index (χ0v) is 11.9. The molecule has 0 radical (unpaired) electrons. The van der Waals surface area contributed by atoms with E-state index in [1.807, 2.05) is 0 Å². The number of anilines is 1. The lowest BCUT2D eigenvalue weighted by Crippen LogP contribution is -2.32. The highest BCUT2D eigenvalue weighted by Crippen LogP contribution is 2.37. The first-order valence-corrected chi connectivity index (χ1v) is 7.46. The van der Waals surface area contributed by atoms with Crippen LogP contribution < -0.4 is 10.6 Å². The van der Waals surface area contributed by atoms with Crippen molar-refractivity contribution in [2.45, 2.75) is 45.1 Å². The van der Waals surface area contributed by atoms with Gasteiger partial charge in [-0.2, -0.15) is 0 Å². The molecule has 104 valence electrons. The van der Waals surface area contributed by atoms with Gasteiger partial charge in [0.2, 0.25) is 0 Å². The molecule has 2 fully saturated rings. The van der Waals surface area contributed by atoms with Crippen molar-refractivity contribution >= 4 is 5.82 Å². The Kier molecular flexibility index (Phi) is 3.44. The molecule has 1 aliphatic heterocycles. The second-order valence-electron chi connectivity index (χ2n) is 6.45. The van der Waals surface area contributed by atoms with Gasteiger partial charge in [0.25, 0.3) is 0 Å². The van der Waals surface area contributed by atoms with E-state index in [4.69, 9.17) is 5.73 Å². The van der Waals surface area contributed by atoms with Gasteiger partial charge in [-0.25, -0.2) is 9.97 Å². The minimum Gasteiger partial charge on any atom is -0.356 e. The average molecular weight is 260 g/mol. The molecule has 1 unspecified atom stereocenters. The lowest BCUT2D eigenvalue weighted by atomic mass is 9.79. The zero-order chi connectivity index (χ0) is 13.4. The standard InChI is InChI=1S/C15H24N4/c1-10(2)14-6-15(18-9-17-14)19-7-11-3-4-13(16)5-12(11)8-19/h6,9-13H,3-5,7-8,16H2,1-2H3/t11-,12+,13?/m1/s1. The van der Waals surface area contributed by atoms with Gasteiger partial charge in [-0.3, -0.25) is 0 Å². The van der Waals surface area contributed by atoms with Gasteiger partial charge in [-0.1, -0.05) is 13.8 Å². The number of nitrogens with two attached hydrogens (primary N) is 1. The van der Waals surface area contributed by atoms with Gasteiger partial charge in [0.15, 0.2) is 0 Å². The van der Waals surface area contributed by atoms with Crippen molar-refractivity contribution in [3.8, 4) is 0 Å². The van der Waals surface area contributed by atoms with Crippen LogP contribution in [-0.2, 0) is 0 Å². The van der Waals surface area contributed by atoms with Crippen LogP contribution in [-0.4, -0.2) is 29.1 Å². The minimum atomic E-state index is 0.415. The summed E-state index contributed by atoms with van der Waals surface area (Å²) < 4.78 is 0. The third kappa shape index (κ3) is 2.59. The molecule has 3 atom stereocenters. The predicted octanol–water partition coefficient (Wildman–Crippen LogP) is 2.16. The highest BCUT2D eigenvalue weighted by Gasteiger charge is 2.37. The molecule has 0 aromatic carbocycles. The Morgan fingerprint density at radius 2 is 2.00 bits per heavy atom. The molecular formula is C15H24N4. The molecule has 1 saturated carbocycles. The molecule has 0 bridgehead atoms. The zero-order valence-electron chi connectivity index (χ0n) is 11.9. The summed E-state index contributed by atoms with van der Waals surface area (Å²) in [5, 5.41) is 0. The smallest absolute Gasteiger partial charge is 0.132 e. The fourth-order valence-corrected chi connectivity index (χ4v) is 3.50. The van der Waals surface area contributed by atoms with Gasteiger partial charge in [-0.05, 0) is 37.0 Å². The van der Waals surface area contributed by atoms with E-state index in [1.165, 1.54) is 19.3 Å². The summed E-state index contributed by atoms with van der Waals surface area (Å²) in [7, 11) is 0. The van der Waals surface area contributed by atoms with Gasteiger partial charge < -0.3 is 10.6 Å². The Hall–Kier alpha value is -1.16. The van der Waals surface area contributed by atoms with Crippen LogP contribution in [0.15, 0.2) is 12.4 Å². The molecule has 3 rings (SSSR count). The summed E-state index contributed by atoms with van der Waals surface area (Å²) in [5.74, 6) is 3.14. The summed E-state index contributed by atoms with van der Waals surface area (Å²) in [6, 6.07) is 2.57. The lowest BCUT2D eigenvalue weighted by molar-refractivity contribution is 0.271. The minimum absolute atomic E-state index is 0.415. The number of rotatable bonds is 2. The van der Waals surface area contributed by atoms with Gasteiger partial charge >= 0.3 is 0 Å². The molecule has 19 heavy (non-hydrogen) atoms. The molecule has 1 aliphatic carbocycles. The number of aromatic nitrogens is 2. The summed E-state index contributed by atoms with van der Waals surface area (Å²) in [6.45, 7) is 6.61. The highest BCUT2D eigenvalue weighted by atomic mass is 15.2. The topological polar surface area (TPSA) is 55.0 Å². The lowest BCUT2D eigenvalue weighted by Gasteiger charge is -2.27. The first kappa shape index (κ1) is 12.9. The first-order chi connectivity index (χ1) is 9.13. The fourth-order valence-electron chi connectivity index (χ4n) is 3.50. The highest BCUT2D eigenvalue weighted by molar-refractivity contribution is 5.41. The van der Waals surface area contributed by atoms with Crippen molar-refractivity contribution in [3.05, 3.63) is 18.1 Å². The Balaban J connectivity index is 1.75. The maximum Gasteiger partial charge on any atom is 0.132 e. The SMILES string of the molecule is CC(C)c1cc(N2C[C@H]3CCC(N)C[C@H]3C2)ncn1. The molecular weight excluding hydrogens is 236 g/mol. The summed E-state index contributed by atoms with van der Waals surface area (Å²) in [5.41, 5.74) is 7.23. The van der Waals surface area contributed by atoms with Crippen LogP contribution in [0.5, 0.6) is 0 Å². The quantitative estimate of drug-likeness (QED) is 0.885. The van der Waals surface area contributed by atoms with Crippen LogP contribution in [0.1, 0.15) is 44.7 Å². The van der Waals surface area contributed by atoms with E-state index in [1.54, 1.807) is 6.33 Å². The predicted molar refractivity (Wildman–Crippen MR) is 77.1 cm³/mol. The largest absolute Gasteiger partial charge is 0.356 e. The normalized spacial score (nSPS) is 30.7. The van der Waals surface area contributed by atoms with E-state index in [9.17, 15) is 0 Å². The van der Waals surface area contributed by atoms with Crippen molar-refractivity contribution in [1.29, 1.82) is 0 Å². The second-order valence-corrected chi connectivity index (χ2v) is 6.45. The molecule has 2 aliphatic rings. The third-order valence-electron chi connectivity index (χ3n) is 4.68.